The van der Waals surface area contributed by atoms with E-state index in [-0.39, 0.29) is 22.2 Å². The third-order valence-corrected chi connectivity index (χ3v) is 5.17. The number of rotatable bonds is 7. The number of benzene rings is 2. The smallest absolute Gasteiger partial charge is 0.270 e. The first-order chi connectivity index (χ1) is 13.5. The summed E-state index contributed by atoms with van der Waals surface area (Å²) in [5.74, 6) is -0.386. The highest BCUT2D eigenvalue weighted by Crippen LogP contribution is 2.22. The SMILES string of the molecule is O=C(NCCCN1CCN(c2ccccc2)CC1)c1cc([N+](=O)[O-])ccc1Cl. The van der Waals surface area contributed by atoms with Crippen molar-refractivity contribution in [1.82, 2.24) is 10.2 Å². The van der Waals surface area contributed by atoms with E-state index in [0.29, 0.717) is 6.54 Å². The number of anilines is 1. The van der Waals surface area contributed by atoms with Crippen LogP contribution in [-0.2, 0) is 0 Å². The summed E-state index contributed by atoms with van der Waals surface area (Å²) in [6.07, 6.45) is 0.809. The summed E-state index contributed by atoms with van der Waals surface area (Å²) in [6, 6.07) is 14.3. The van der Waals surface area contributed by atoms with Gasteiger partial charge in [0.2, 0.25) is 0 Å². The minimum Gasteiger partial charge on any atom is -0.369 e. The van der Waals surface area contributed by atoms with Gasteiger partial charge in [-0.25, -0.2) is 0 Å². The molecule has 7 nitrogen and oxygen atoms in total. The van der Waals surface area contributed by atoms with Gasteiger partial charge in [-0.3, -0.25) is 19.8 Å². The summed E-state index contributed by atoms with van der Waals surface area (Å²) in [6.45, 7) is 5.33. The number of nitrogens with zero attached hydrogens (tertiary/aromatic N) is 3. The molecule has 2 aromatic carbocycles. The third-order valence-electron chi connectivity index (χ3n) is 4.84. The molecule has 0 spiro atoms. The van der Waals surface area contributed by atoms with Crippen molar-refractivity contribution in [2.45, 2.75) is 6.42 Å². The van der Waals surface area contributed by atoms with Gasteiger partial charge >= 0.3 is 0 Å². The number of nitro groups is 1. The molecule has 3 rings (SSSR count). The molecule has 0 aliphatic carbocycles. The zero-order valence-electron chi connectivity index (χ0n) is 15.5. The molecule has 0 atom stereocenters. The molecule has 28 heavy (non-hydrogen) atoms. The van der Waals surface area contributed by atoms with Crippen molar-refractivity contribution in [3.05, 3.63) is 69.2 Å². The first kappa shape index (κ1) is 20.1. The second-order valence-electron chi connectivity index (χ2n) is 6.69. The number of piperazine rings is 1. The second kappa shape index (κ2) is 9.52. The fraction of sp³-hybridized carbons (Fsp3) is 0.350. The lowest BCUT2D eigenvalue weighted by atomic mass is 10.2. The van der Waals surface area contributed by atoms with Crippen LogP contribution in [0, 0.1) is 10.1 Å². The Morgan fingerprint density at radius 3 is 2.50 bits per heavy atom. The first-order valence-electron chi connectivity index (χ1n) is 9.29. The van der Waals surface area contributed by atoms with E-state index in [0.717, 1.165) is 39.1 Å². The number of nitro benzene ring substituents is 1. The minimum absolute atomic E-state index is 0.132. The maximum atomic E-state index is 12.3. The van der Waals surface area contributed by atoms with Gasteiger partial charge in [-0.2, -0.15) is 0 Å². The molecule has 0 unspecified atom stereocenters. The minimum atomic E-state index is -0.539. The van der Waals surface area contributed by atoms with Crippen LogP contribution in [0.3, 0.4) is 0 Å². The van der Waals surface area contributed by atoms with Crippen molar-refractivity contribution >= 4 is 28.9 Å². The predicted octanol–water partition coefficient (Wildman–Crippen LogP) is 3.19. The Bertz CT molecular complexity index is 823. The third kappa shape index (κ3) is 5.21. The number of hydrogen-bond acceptors (Lipinski definition) is 5. The van der Waals surface area contributed by atoms with Crippen molar-refractivity contribution in [2.24, 2.45) is 0 Å². The van der Waals surface area contributed by atoms with E-state index in [1.54, 1.807) is 0 Å². The second-order valence-corrected chi connectivity index (χ2v) is 7.10. The highest BCUT2D eigenvalue weighted by Gasteiger charge is 2.18. The van der Waals surface area contributed by atoms with E-state index in [1.807, 2.05) is 6.07 Å². The summed E-state index contributed by atoms with van der Waals surface area (Å²) in [7, 11) is 0. The molecule has 1 aliphatic heterocycles. The normalized spacial score (nSPS) is 14.7. The Morgan fingerprint density at radius 1 is 1.11 bits per heavy atom. The van der Waals surface area contributed by atoms with Gasteiger partial charge in [-0.05, 0) is 31.2 Å². The zero-order chi connectivity index (χ0) is 19.9. The molecule has 0 bridgehead atoms. The van der Waals surface area contributed by atoms with E-state index in [1.165, 1.54) is 23.9 Å². The summed E-state index contributed by atoms with van der Waals surface area (Å²) >= 11 is 6.00. The van der Waals surface area contributed by atoms with E-state index < -0.39 is 4.92 Å². The molecule has 0 radical (unpaired) electrons. The maximum absolute atomic E-state index is 12.3. The summed E-state index contributed by atoms with van der Waals surface area (Å²) in [5.41, 5.74) is 1.24. The Kier molecular flexibility index (Phi) is 6.84. The maximum Gasteiger partial charge on any atom is 0.270 e. The molecule has 1 N–H and O–H groups in total. The average Bonchev–Trinajstić information content (AvgIpc) is 2.72. The lowest BCUT2D eigenvalue weighted by Gasteiger charge is -2.36. The summed E-state index contributed by atoms with van der Waals surface area (Å²) in [5, 5.41) is 13.9. The van der Waals surface area contributed by atoms with Crippen molar-refractivity contribution in [2.75, 3.05) is 44.2 Å². The standard InChI is InChI=1S/C20H23ClN4O3/c21-19-8-7-17(25(27)28)15-18(19)20(26)22-9-4-10-23-11-13-24(14-12-23)16-5-2-1-3-6-16/h1-3,5-8,15H,4,9-14H2,(H,22,26). The van der Waals surface area contributed by atoms with Gasteiger partial charge in [0, 0.05) is 50.5 Å². The Labute approximate surface area is 169 Å². The molecular weight excluding hydrogens is 380 g/mol. The number of amides is 1. The fourth-order valence-corrected chi connectivity index (χ4v) is 3.47. The van der Waals surface area contributed by atoms with E-state index in [9.17, 15) is 14.9 Å². The molecule has 1 amide bonds. The summed E-state index contributed by atoms with van der Waals surface area (Å²) < 4.78 is 0. The number of nitrogens with one attached hydrogen (secondary N) is 1. The summed E-state index contributed by atoms with van der Waals surface area (Å²) in [4.78, 5) is 27.3. The van der Waals surface area contributed by atoms with Gasteiger partial charge in [-0.15, -0.1) is 0 Å². The van der Waals surface area contributed by atoms with Crippen LogP contribution in [0.1, 0.15) is 16.8 Å². The monoisotopic (exact) mass is 402 g/mol. The average molecular weight is 403 g/mol. The Hall–Kier alpha value is -2.64. The van der Waals surface area contributed by atoms with Crippen LogP contribution >= 0.6 is 11.6 Å². The van der Waals surface area contributed by atoms with Crippen LogP contribution in [-0.4, -0.2) is 55.0 Å². The van der Waals surface area contributed by atoms with Crippen LogP contribution in [0.25, 0.3) is 0 Å². The Balaban J connectivity index is 1.40. The molecule has 0 saturated carbocycles. The van der Waals surface area contributed by atoms with Gasteiger partial charge in [0.15, 0.2) is 0 Å². The molecule has 148 valence electrons. The van der Waals surface area contributed by atoms with Gasteiger partial charge in [0.25, 0.3) is 11.6 Å². The van der Waals surface area contributed by atoms with E-state index >= 15 is 0 Å². The first-order valence-corrected chi connectivity index (χ1v) is 9.67. The van der Waals surface area contributed by atoms with Crippen molar-refractivity contribution in [3.8, 4) is 0 Å². The van der Waals surface area contributed by atoms with Crippen LogP contribution in [0.4, 0.5) is 11.4 Å². The van der Waals surface area contributed by atoms with Crippen molar-refractivity contribution < 1.29 is 9.72 Å². The van der Waals surface area contributed by atoms with Gasteiger partial charge < -0.3 is 10.2 Å². The van der Waals surface area contributed by atoms with Crippen LogP contribution in [0.5, 0.6) is 0 Å². The number of carbonyl (C=O) groups is 1. The molecule has 1 aliphatic rings. The zero-order valence-corrected chi connectivity index (χ0v) is 16.3. The van der Waals surface area contributed by atoms with Crippen LogP contribution < -0.4 is 10.2 Å². The molecule has 0 aromatic heterocycles. The molecule has 1 saturated heterocycles. The molecule has 8 heteroatoms. The van der Waals surface area contributed by atoms with E-state index in [4.69, 9.17) is 11.6 Å². The van der Waals surface area contributed by atoms with Gasteiger partial charge in [0.1, 0.15) is 0 Å². The van der Waals surface area contributed by atoms with Crippen molar-refractivity contribution in [3.63, 3.8) is 0 Å². The van der Waals surface area contributed by atoms with Crippen molar-refractivity contribution in [1.29, 1.82) is 0 Å². The number of hydrogen-bond donors (Lipinski definition) is 1. The topological polar surface area (TPSA) is 78.7 Å². The van der Waals surface area contributed by atoms with Gasteiger partial charge in [-0.1, -0.05) is 29.8 Å². The predicted molar refractivity (Wildman–Crippen MR) is 110 cm³/mol. The van der Waals surface area contributed by atoms with Crippen LogP contribution in [0.2, 0.25) is 5.02 Å². The lowest BCUT2D eigenvalue weighted by Crippen LogP contribution is -2.47. The molecule has 2 aromatic rings. The quantitative estimate of drug-likeness (QED) is 0.437. The van der Waals surface area contributed by atoms with Crippen LogP contribution in [0.15, 0.2) is 48.5 Å². The lowest BCUT2D eigenvalue weighted by molar-refractivity contribution is -0.384. The highest BCUT2D eigenvalue weighted by atomic mass is 35.5. The largest absolute Gasteiger partial charge is 0.369 e. The molecule has 1 heterocycles. The Morgan fingerprint density at radius 2 is 1.82 bits per heavy atom. The molecular formula is C20H23ClN4O3. The van der Waals surface area contributed by atoms with E-state index in [2.05, 4.69) is 39.4 Å². The molecule has 1 fully saturated rings. The number of non-ortho nitro benzene ring substituents is 1. The number of para-hydroxylation sites is 1. The van der Waals surface area contributed by atoms with Gasteiger partial charge in [0.05, 0.1) is 15.5 Å². The fourth-order valence-electron chi connectivity index (χ4n) is 3.27. The highest BCUT2D eigenvalue weighted by molar-refractivity contribution is 6.33. The number of carbonyl (C=O) groups excluding carboxylic acids is 1. The number of halogens is 1.